The van der Waals surface area contributed by atoms with Crippen molar-refractivity contribution >= 4 is 40.2 Å². The number of thiazole rings is 1. The van der Waals surface area contributed by atoms with E-state index in [1.165, 1.54) is 20.3 Å². The van der Waals surface area contributed by atoms with Crippen LogP contribution >= 0.6 is 23.1 Å². The van der Waals surface area contributed by atoms with Gasteiger partial charge in [0.1, 0.15) is 16.8 Å². The highest BCUT2D eigenvalue weighted by atomic mass is 32.2. The molecule has 0 fully saturated rings. The van der Waals surface area contributed by atoms with Crippen molar-refractivity contribution in [3.05, 3.63) is 34.0 Å². The molecule has 0 saturated carbocycles. The smallest absolute Gasteiger partial charge is 0.333 e. The van der Waals surface area contributed by atoms with Gasteiger partial charge in [-0.05, 0) is 6.08 Å². The number of rotatable bonds is 11. The van der Waals surface area contributed by atoms with Crippen LogP contribution in [-0.4, -0.2) is 62.9 Å². The minimum absolute atomic E-state index is 0.0942. The minimum atomic E-state index is -0.462. The molecule has 0 aliphatic carbocycles. The highest BCUT2D eigenvalue weighted by Gasteiger charge is 2.26. The van der Waals surface area contributed by atoms with Crippen molar-refractivity contribution in [2.75, 3.05) is 40.8 Å². The first kappa shape index (κ1) is 24.6. The third kappa shape index (κ3) is 6.66. The zero-order chi connectivity index (χ0) is 22.1. The third-order valence-electron chi connectivity index (χ3n) is 4.70. The minimum Gasteiger partial charge on any atom is -0.500 e. The van der Waals surface area contributed by atoms with Gasteiger partial charge < -0.3 is 18.9 Å². The van der Waals surface area contributed by atoms with Crippen molar-refractivity contribution in [2.45, 2.75) is 26.0 Å². The molecular weight excluding hydrogens is 424 g/mol. The molecule has 7 nitrogen and oxygen atoms in total. The molecule has 0 N–H and O–H groups in total. The van der Waals surface area contributed by atoms with E-state index < -0.39 is 5.97 Å². The number of nitrogens with zero attached hydrogens (tertiary/aromatic N) is 2. The largest absolute Gasteiger partial charge is 0.500 e. The Morgan fingerprint density at radius 1 is 1.27 bits per heavy atom. The van der Waals surface area contributed by atoms with Crippen molar-refractivity contribution in [1.82, 2.24) is 4.98 Å². The van der Waals surface area contributed by atoms with E-state index >= 15 is 0 Å². The lowest BCUT2D eigenvalue weighted by molar-refractivity contribution is -0.135. The number of carbonyl (C=O) groups is 1. The van der Waals surface area contributed by atoms with Crippen LogP contribution in [0.1, 0.15) is 30.6 Å². The molecule has 9 heteroatoms. The number of thioether (sulfide) groups is 1. The van der Waals surface area contributed by atoms with E-state index in [2.05, 4.69) is 11.7 Å². The monoisotopic (exact) mass is 454 g/mol. The molecule has 0 radical (unpaired) electrons. The van der Waals surface area contributed by atoms with Crippen LogP contribution in [0.25, 0.3) is 6.08 Å². The van der Waals surface area contributed by atoms with Crippen LogP contribution in [-0.2, 0) is 23.7 Å². The fraction of sp³-hybridized carbons (Fsp3) is 0.571. The quantitative estimate of drug-likeness (QED) is 0.284. The predicted octanol–water partition coefficient (Wildman–Crippen LogP) is 3.98. The van der Waals surface area contributed by atoms with Gasteiger partial charge in [0.2, 0.25) is 0 Å². The molecule has 1 aliphatic rings. The summed E-state index contributed by atoms with van der Waals surface area (Å²) in [7, 11) is 6.19. The van der Waals surface area contributed by atoms with Crippen molar-refractivity contribution in [3.63, 3.8) is 0 Å². The zero-order valence-corrected chi connectivity index (χ0v) is 19.9. The maximum absolute atomic E-state index is 11.5. The molecule has 4 unspecified atom stereocenters. The van der Waals surface area contributed by atoms with Crippen LogP contribution in [0, 0.1) is 11.8 Å². The number of carbonyl (C=O) groups excluding carboxylic acids is 1. The Labute approximate surface area is 186 Å². The predicted molar refractivity (Wildman–Crippen MR) is 122 cm³/mol. The molecule has 0 aromatic carbocycles. The molecular formula is C21H30N2O5S2. The molecule has 0 spiro atoms. The molecule has 30 heavy (non-hydrogen) atoms. The normalized spacial score (nSPS) is 20.1. The van der Waals surface area contributed by atoms with Crippen LogP contribution in [0.2, 0.25) is 0 Å². The fourth-order valence-electron chi connectivity index (χ4n) is 3.00. The highest BCUT2D eigenvalue weighted by molar-refractivity contribution is 8.14. The Bertz CT molecular complexity index is 790. The second kappa shape index (κ2) is 12.2. The van der Waals surface area contributed by atoms with Crippen molar-refractivity contribution in [2.24, 2.45) is 16.8 Å². The maximum Gasteiger partial charge on any atom is 0.333 e. The number of aliphatic imine (C=N–C) groups is 1. The summed E-state index contributed by atoms with van der Waals surface area (Å²) in [6.45, 7) is 4.73. The number of hydrogen-bond acceptors (Lipinski definition) is 9. The number of hydrogen-bond donors (Lipinski definition) is 0. The van der Waals surface area contributed by atoms with Crippen LogP contribution in [0.4, 0.5) is 0 Å². The van der Waals surface area contributed by atoms with Crippen LogP contribution in [0.5, 0.6) is 0 Å². The standard InChI is InChI=1S/C21H30N2O5S2/c1-13(10-25-3)20-23-16(12-30-20)21-22-15(11-29-21)7-8-17(26-4)14(2)18(27-5)9-19(24)28-6/h7-9,11,13-14,16-17H,10,12H2,1-6H3. The summed E-state index contributed by atoms with van der Waals surface area (Å²) in [5.41, 5.74) is 0.860. The van der Waals surface area contributed by atoms with Gasteiger partial charge in [-0.25, -0.2) is 9.78 Å². The van der Waals surface area contributed by atoms with E-state index in [9.17, 15) is 4.79 Å². The first-order valence-electron chi connectivity index (χ1n) is 9.62. The molecule has 2 heterocycles. The average Bonchev–Trinajstić information content (AvgIpc) is 3.41. The van der Waals surface area contributed by atoms with Gasteiger partial charge in [-0.15, -0.1) is 23.1 Å². The summed E-state index contributed by atoms with van der Waals surface area (Å²) in [4.78, 5) is 21.1. The lowest BCUT2D eigenvalue weighted by Crippen LogP contribution is -2.21. The van der Waals surface area contributed by atoms with Crippen molar-refractivity contribution in [1.29, 1.82) is 0 Å². The number of methoxy groups -OCH3 is 4. The molecule has 4 atom stereocenters. The maximum atomic E-state index is 11.5. The van der Waals surface area contributed by atoms with E-state index in [4.69, 9.17) is 24.2 Å². The summed E-state index contributed by atoms with van der Waals surface area (Å²) in [5, 5.41) is 4.15. The highest BCUT2D eigenvalue weighted by Crippen LogP contribution is 2.34. The summed E-state index contributed by atoms with van der Waals surface area (Å²) < 4.78 is 20.8. The van der Waals surface area contributed by atoms with Crippen LogP contribution in [0.15, 0.2) is 28.3 Å². The van der Waals surface area contributed by atoms with E-state index in [1.54, 1.807) is 37.3 Å². The fourth-order valence-corrected chi connectivity index (χ4v) is 5.04. The molecule has 2 rings (SSSR count). The molecule has 1 aromatic rings. The summed E-state index contributed by atoms with van der Waals surface area (Å²) in [5.74, 6) is 1.08. The van der Waals surface area contributed by atoms with Gasteiger partial charge in [-0.1, -0.05) is 19.9 Å². The van der Waals surface area contributed by atoms with Gasteiger partial charge in [0, 0.05) is 37.2 Å². The van der Waals surface area contributed by atoms with Crippen molar-refractivity contribution < 1.29 is 23.7 Å². The Morgan fingerprint density at radius 2 is 2.03 bits per heavy atom. The second-order valence-electron chi connectivity index (χ2n) is 6.88. The molecule has 1 aliphatic heterocycles. The SMILES string of the molecule is COCC(C)C1=NC(c2nc(C=CC(OC)C(C)C(=CC(=O)OC)OC)cs2)CS1. The number of aromatic nitrogens is 1. The Hall–Kier alpha value is -1.68. The zero-order valence-electron chi connectivity index (χ0n) is 18.3. The Balaban J connectivity index is 2.07. The second-order valence-corrected chi connectivity index (χ2v) is 8.81. The van der Waals surface area contributed by atoms with Gasteiger partial charge in [0.25, 0.3) is 0 Å². The summed E-state index contributed by atoms with van der Waals surface area (Å²) >= 11 is 3.39. The van der Waals surface area contributed by atoms with E-state index in [0.717, 1.165) is 21.5 Å². The van der Waals surface area contributed by atoms with Crippen LogP contribution in [0.3, 0.4) is 0 Å². The van der Waals surface area contributed by atoms with Crippen LogP contribution < -0.4 is 0 Å². The number of esters is 1. The van der Waals surface area contributed by atoms with Gasteiger partial charge in [-0.2, -0.15) is 0 Å². The Morgan fingerprint density at radius 3 is 2.67 bits per heavy atom. The van der Waals surface area contributed by atoms with Crippen molar-refractivity contribution in [3.8, 4) is 0 Å². The molecule has 166 valence electrons. The summed E-state index contributed by atoms with van der Waals surface area (Å²) in [6, 6.07) is 0.0942. The first-order chi connectivity index (χ1) is 14.4. The summed E-state index contributed by atoms with van der Waals surface area (Å²) in [6.07, 6.45) is 4.90. The van der Waals surface area contributed by atoms with Gasteiger partial charge in [0.05, 0.1) is 43.7 Å². The van der Waals surface area contributed by atoms with Gasteiger partial charge in [-0.3, -0.25) is 4.99 Å². The molecule has 1 aromatic heterocycles. The topological polar surface area (TPSA) is 79.2 Å². The number of ether oxygens (including phenoxy) is 4. The first-order valence-corrected chi connectivity index (χ1v) is 11.5. The van der Waals surface area contributed by atoms with E-state index in [-0.39, 0.29) is 18.1 Å². The van der Waals surface area contributed by atoms with E-state index in [0.29, 0.717) is 18.3 Å². The molecule has 0 amide bonds. The van der Waals surface area contributed by atoms with Gasteiger partial charge >= 0.3 is 5.97 Å². The average molecular weight is 455 g/mol. The molecule has 0 saturated heterocycles. The lowest BCUT2D eigenvalue weighted by Gasteiger charge is -2.21. The molecule has 0 bridgehead atoms. The van der Waals surface area contributed by atoms with E-state index in [1.807, 2.05) is 24.5 Å². The Kier molecular flexibility index (Phi) is 10.0. The van der Waals surface area contributed by atoms with Gasteiger partial charge in [0.15, 0.2) is 0 Å². The third-order valence-corrected chi connectivity index (χ3v) is 6.95. The lowest BCUT2D eigenvalue weighted by atomic mass is 10.0.